The quantitative estimate of drug-likeness (QED) is 0.693. The van der Waals surface area contributed by atoms with Crippen LogP contribution in [-0.4, -0.2) is 85.4 Å². The van der Waals surface area contributed by atoms with Crippen molar-refractivity contribution in [1.29, 1.82) is 5.26 Å². The Balaban J connectivity index is 1.50. The van der Waals surface area contributed by atoms with Gasteiger partial charge in [-0.05, 0) is 24.3 Å². The number of nitriles is 1. The Kier molecular flexibility index (Phi) is 7.09. The SMILES string of the molecule is COCC1CN(c2ccc3nccc(C(=O)NCC(=O)N4CSCC4C#N)c3c2)CCO1. The normalized spacial score (nSPS) is 20.9. The average Bonchev–Trinajstić information content (AvgIpc) is 3.31. The van der Waals surface area contributed by atoms with E-state index in [0.717, 1.165) is 17.6 Å². The van der Waals surface area contributed by atoms with Crippen LogP contribution in [0.2, 0.25) is 0 Å². The number of pyridine rings is 1. The summed E-state index contributed by atoms with van der Waals surface area (Å²) < 4.78 is 10.9. The Morgan fingerprint density at radius 3 is 3.09 bits per heavy atom. The van der Waals surface area contributed by atoms with Crippen molar-refractivity contribution in [2.75, 3.05) is 56.5 Å². The largest absolute Gasteiger partial charge is 0.382 e. The number of hydrogen-bond acceptors (Lipinski definition) is 8. The number of carbonyl (C=O) groups is 2. The molecule has 2 amide bonds. The summed E-state index contributed by atoms with van der Waals surface area (Å²) in [6.45, 7) is 2.42. The number of aromatic nitrogens is 1. The monoisotopic (exact) mass is 455 g/mol. The Morgan fingerprint density at radius 1 is 1.41 bits per heavy atom. The van der Waals surface area contributed by atoms with E-state index in [9.17, 15) is 9.59 Å². The van der Waals surface area contributed by atoms with Gasteiger partial charge in [0.05, 0.1) is 48.9 Å². The molecule has 9 nitrogen and oxygen atoms in total. The molecule has 0 aliphatic carbocycles. The third kappa shape index (κ3) is 4.80. The lowest BCUT2D eigenvalue weighted by Gasteiger charge is -2.34. The molecule has 168 valence electrons. The van der Waals surface area contributed by atoms with Gasteiger partial charge in [0, 0.05) is 43.2 Å². The van der Waals surface area contributed by atoms with Crippen molar-refractivity contribution in [3.63, 3.8) is 0 Å². The molecule has 3 heterocycles. The molecule has 0 saturated carbocycles. The Labute approximate surface area is 190 Å². The summed E-state index contributed by atoms with van der Waals surface area (Å²) in [4.78, 5) is 33.5. The van der Waals surface area contributed by atoms with Gasteiger partial charge in [-0.1, -0.05) is 0 Å². The van der Waals surface area contributed by atoms with E-state index in [-0.39, 0.29) is 24.5 Å². The van der Waals surface area contributed by atoms with E-state index in [0.29, 0.717) is 42.5 Å². The van der Waals surface area contributed by atoms with Crippen LogP contribution >= 0.6 is 11.8 Å². The fourth-order valence-electron chi connectivity index (χ4n) is 3.92. The minimum Gasteiger partial charge on any atom is -0.382 e. The van der Waals surface area contributed by atoms with Crippen molar-refractivity contribution in [2.24, 2.45) is 0 Å². The first kappa shape index (κ1) is 22.3. The Bertz CT molecular complexity index is 1040. The fraction of sp³-hybridized carbons (Fsp3) is 0.455. The van der Waals surface area contributed by atoms with Crippen molar-refractivity contribution in [1.82, 2.24) is 15.2 Å². The van der Waals surface area contributed by atoms with E-state index < -0.39 is 6.04 Å². The lowest BCUT2D eigenvalue weighted by atomic mass is 10.1. The molecule has 1 aromatic heterocycles. The molecule has 0 radical (unpaired) electrons. The summed E-state index contributed by atoms with van der Waals surface area (Å²) in [5.41, 5.74) is 2.14. The standard InChI is InChI=1S/C22H25N5O4S/c1-30-12-17-11-26(6-7-31-17)15-2-3-20-19(8-15)18(4-5-24-20)22(29)25-10-21(28)27-14-32-13-16(27)9-23/h2-5,8,16-17H,6-7,10-14H2,1H3,(H,25,29). The highest BCUT2D eigenvalue weighted by atomic mass is 32.2. The maximum Gasteiger partial charge on any atom is 0.252 e. The number of rotatable bonds is 6. The molecule has 1 N–H and O–H groups in total. The van der Waals surface area contributed by atoms with E-state index in [4.69, 9.17) is 14.7 Å². The minimum atomic E-state index is -0.441. The molecule has 2 unspecified atom stereocenters. The summed E-state index contributed by atoms with van der Waals surface area (Å²) in [5.74, 6) is 0.465. The lowest BCUT2D eigenvalue weighted by molar-refractivity contribution is -0.129. The average molecular weight is 456 g/mol. The predicted molar refractivity (Wildman–Crippen MR) is 121 cm³/mol. The number of carbonyl (C=O) groups excluding carboxylic acids is 2. The van der Waals surface area contributed by atoms with Crippen molar-refractivity contribution < 1.29 is 19.1 Å². The van der Waals surface area contributed by atoms with Crippen molar-refractivity contribution in [2.45, 2.75) is 12.1 Å². The van der Waals surface area contributed by atoms with Gasteiger partial charge < -0.3 is 24.6 Å². The molecular weight excluding hydrogens is 430 g/mol. The molecule has 10 heteroatoms. The molecule has 2 saturated heterocycles. The summed E-state index contributed by atoms with van der Waals surface area (Å²) in [6.07, 6.45) is 1.58. The second-order valence-electron chi connectivity index (χ2n) is 7.65. The molecule has 4 rings (SSSR count). The van der Waals surface area contributed by atoms with Gasteiger partial charge in [0.15, 0.2) is 0 Å². The lowest BCUT2D eigenvalue weighted by Crippen LogP contribution is -2.44. The number of nitrogens with zero attached hydrogens (tertiary/aromatic N) is 4. The zero-order valence-corrected chi connectivity index (χ0v) is 18.6. The highest BCUT2D eigenvalue weighted by Crippen LogP contribution is 2.25. The molecule has 2 aromatic rings. The van der Waals surface area contributed by atoms with Crippen LogP contribution in [-0.2, 0) is 14.3 Å². The smallest absolute Gasteiger partial charge is 0.252 e. The molecule has 2 aliphatic heterocycles. The van der Waals surface area contributed by atoms with Gasteiger partial charge in [-0.15, -0.1) is 11.8 Å². The molecule has 1 aromatic carbocycles. The highest BCUT2D eigenvalue weighted by Gasteiger charge is 2.29. The van der Waals surface area contributed by atoms with Crippen LogP contribution < -0.4 is 10.2 Å². The predicted octanol–water partition coefficient (Wildman–Crippen LogP) is 1.24. The first-order valence-corrected chi connectivity index (χ1v) is 11.6. The zero-order chi connectivity index (χ0) is 22.5. The van der Waals surface area contributed by atoms with Gasteiger partial charge in [-0.2, -0.15) is 5.26 Å². The number of thioether (sulfide) groups is 1. The second kappa shape index (κ2) is 10.2. The van der Waals surface area contributed by atoms with Crippen molar-refractivity contribution in [3.8, 4) is 6.07 Å². The molecule has 0 spiro atoms. The van der Waals surface area contributed by atoms with Gasteiger partial charge in [0.25, 0.3) is 5.91 Å². The van der Waals surface area contributed by atoms with Crippen molar-refractivity contribution in [3.05, 3.63) is 36.0 Å². The van der Waals surface area contributed by atoms with Gasteiger partial charge >= 0.3 is 0 Å². The Morgan fingerprint density at radius 2 is 2.28 bits per heavy atom. The summed E-state index contributed by atoms with van der Waals surface area (Å²) in [7, 11) is 1.66. The molecule has 2 fully saturated rings. The van der Waals surface area contributed by atoms with Gasteiger partial charge in [-0.3, -0.25) is 14.6 Å². The number of ether oxygens (including phenoxy) is 2. The topological polar surface area (TPSA) is 108 Å². The number of fused-ring (bicyclic) bond motifs is 1. The number of morpholine rings is 1. The van der Waals surface area contributed by atoms with Crippen LogP contribution in [0, 0.1) is 11.3 Å². The number of amides is 2. The first-order chi connectivity index (χ1) is 15.6. The van der Waals surface area contributed by atoms with Crippen molar-refractivity contribution >= 4 is 40.2 Å². The number of methoxy groups -OCH3 is 1. The summed E-state index contributed by atoms with van der Waals surface area (Å²) in [5, 5.41) is 12.6. The summed E-state index contributed by atoms with van der Waals surface area (Å²) >= 11 is 1.53. The van der Waals surface area contributed by atoms with Gasteiger partial charge in [0.1, 0.15) is 6.04 Å². The van der Waals surface area contributed by atoms with E-state index in [1.54, 1.807) is 19.4 Å². The Hall–Kier alpha value is -2.87. The fourth-order valence-corrected chi connectivity index (χ4v) is 5.02. The zero-order valence-electron chi connectivity index (χ0n) is 17.8. The molecule has 32 heavy (non-hydrogen) atoms. The number of nitrogens with one attached hydrogen (secondary N) is 1. The van der Waals surface area contributed by atoms with E-state index in [1.807, 2.05) is 18.2 Å². The molecule has 0 bridgehead atoms. The maximum atomic E-state index is 12.9. The number of anilines is 1. The number of benzene rings is 1. The second-order valence-corrected chi connectivity index (χ2v) is 8.64. The van der Waals surface area contributed by atoms with E-state index >= 15 is 0 Å². The van der Waals surface area contributed by atoms with E-state index in [2.05, 4.69) is 21.3 Å². The van der Waals surface area contributed by atoms with Crippen LogP contribution in [0.25, 0.3) is 10.9 Å². The van der Waals surface area contributed by atoms with Crippen LogP contribution in [0.5, 0.6) is 0 Å². The van der Waals surface area contributed by atoms with Crippen LogP contribution in [0.4, 0.5) is 5.69 Å². The molecule has 2 aliphatic rings. The van der Waals surface area contributed by atoms with Gasteiger partial charge in [-0.25, -0.2) is 0 Å². The minimum absolute atomic E-state index is 0.00638. The van der Waals surface area contributed by atoms with Crippen LogP contribution in [0.15, 0.2) is 30.5 Å². The molecule has 2 atom stereocenters. The third-order valence-corrected chi connectivity index (χ3v) is 6.59. The van der Waals surface area contributed by atoms with E-state index in [1.165, 1.54) is 16.7 Å². The molecular formula is C22H25N5O4S. The van der Waals surface area contributed by atoms with Crippen LogP contribution in [0.1, 0.15) is 10.4 Å². The maximum absolute atomic E-state index is 12.9. The first-order valence-electron chi connectivity index (χ1n) is 10.4. The summed E-state index contributed by atoms with van der Waals surface area (Å²) in [6, 6.07) is 9.18. The highest BCUT2D eigenvalue weighted by molar-refractivity contribution is 7.99. The van der Waals surface area contributed by atoms with Crippen LogP contribution in [0.3, 0.4) is 0 Å². The third-order valence-electron chi connectivity index (χ3n) is 5.58. The number of hydrogen-bond donors (Lipinski definition) is 1. The van der Waals surface area contributed by atoms with Gasteiger partial charge in [0.2, 0.25) is 5.91 Å².